The number of nitrogens with zero attached hydrogens (tertiary/aromatic N) is 3. The molecular weight excluding hydrogens is 561 g/mol. The predicted molar refractivity (Wildman–Crippen MR) is 166 cm³/mol. The topological polar surface area (TPSA) is 62.7 Å². The Morgan fingerprint density at radius 2 is 1.32 bits per heavy atom. The number of unbranched alkanes of at least 4 members (excludes halogenated alkanes) is 12. The Bertz CT molecular complexity index is 707. The fraction of sp³-hybridized carbons (Fsp3) is 0.875. The molecule has 3 atom stereocenters. The molecule has 9 heteroatoms. The van der Waals surface area contributed by atoms with Crippen LogP contribution in [0.2, 0.25) is 5.15 Å². The van der Waals surface area contributed by atoms with Crippen LogP contribution >= 0.6 is 11.6 Å². The van der Waals surface area contributed by atoms with Crippen molar-refractivity contribution in [2.24, 2.45) is 0 Å². The van der Waals surface area contributed by atoms with E-state index >= 15 is 0 Å². The summed E-state index contributed by atoms with van der Waals surface area (Å²) in [4.78, 5) is 0. The summed E-state index contributed by atoms with van der Waals surface area (Å²) >= 11 is 5.88. The molecule has 0 radical (unpaired) electrons. The van der Waals surface area contributed by atoms with Gasteiger partial charge in [0.2, 0.25) is 5.88 Å². The third kappa shape index (κ3) is 24.4. The van der Waals surface area contributed by atoms with Gasteiger partial charge in [0.15, 0.2) is 5.15 Å². The first-order valence-corrected chi connectivity index (χ1v) is 16.4. The van der Waals surface area contributed by atoms with E-state index in [9.17, 15) is 0 Å². The minimum atomic E-state index is -0.158. The maximum absolute atomic E-state index is 6.42. The standard InChI is InChI=1S/C32H61ClN3O4.ClH/c1-7-8-9-10-11-12-13-14-15-16-17-18-19-20-30(29(3)40-32-22-21-31(33)34-35-32)39-28(2)27-38-26-25-37-24-23-36(4,5)6;/h21-22,28-30H,7-20,23-27H2,1-6H3;1H/q+1;/p-1. The van der Waals surface area contributed by atoms with Crippen molar-refractivity contribution in [3.8, 4) is 5.88 Å². The maximum atomic E-state index is 6.42. The normalized spacial score (nSPS) is 13.9. The van der Waals surface area contributed by atoms with Crippen molar-refractivity contribution in [2.75, 3.05) is 54.1 Å². The van der Waals surface area contributed by atoms with Crippen LogP contribution < -0.4 is 17.1 Å². The zero-order valence-electron chi connectivity index (χ0n) is 27.1. The van der Waals surface area contributed by atoms with Crippen LogP contribution in [0, 0.1) is 0 Å². The van der Waals surface area contributed by atoms with Gasteiger partial charge in [-0.15, -0.1) is 10.2 Å². The fourth-order valence-corrected chi connectivity index (χ4v) is 4.66. The molecule has 0 aromatic carbocycles. The molecule has 0 aliphatic carbocycles. The molecule has 0 N–H and O–H groups in total. The molecule has 7 nitrogen and oxygen atoms in total. The smallest absolute Gasteiger partial charge is 0.233 e. The highest BCUT2D eigenvalue weighted by Gasteiger charge is 2.23. The van der Waals surface area contributed by atoms with Crippen LogP contribution in [-0.2, 0) is 14.2 Å². The van der Waals surface area contributed by atoms with E-state index < -0.39 is 0 Å². The van der Waals surface area contributed by atoms with Crippen LogP contribution in [0.15, 0.2) is 12.1 Å². The van der Waals surface area contributed by atoms with Crippen molar-refractivity contribution in [3.63, 3.8) is 0 Å². The molecule has 0 amide bonds. The second-order valence-electron chi connectivity index (χ2n) is 12.2. The monoisotopic (exact) mass is 621 g/mol. The number of hydrogen-bond acceptors (Lipinski definition) is 6. The minimum Gasteiger partial charge on any atom is -1.00 e. The Hall–Kier alpha value is -0.700. The van der Waals surface area contributed by atoms with Crippen LogP contribution in [0.1, 0.15) is 111 Å². The van der Waals surface area contributed by atoms with Gasteiger partial charge in [-0.2, -0.15) is 0 Å². The first-order valence-electron chi connectivity index (χ1n) is 16.0. The molecule has 1 aromatic heterocycles. The zero-order valence-corrected chi connectivity index (χ0v) is 28.6. The van der Waals surface area contributed by atoms with Gasteiger partial charge in [0.25, 0.3) is 0 Å². The van der Waals surface area contributed by atoms with Crippen LogP contribution in [-0.4, -0.2) is 87.1 Å². The number of likely N-dealkylation sites (N-methyl/N-ethyl adjacent to an activating group) is 1. The minimum absolute atomic E-state index is 0. The highest BCUT2D eigenvalue weighted by Crippen LogP contribution is 2.19. The second kappa shape index (κ2) is 25.8. The number of hydrogen-bond donors (Lipinski definition) is 0. The molecule has 1 aromatic rings. The van der Waals surface area contributed by atoms with Gasteiger partial charge in [-0.05, 0) is 26.3 Å². The Labute approximate surface area is 263 Å². The van der Waals surface area contributed by atoms with Gasteiger partial charge in [0.05, 0.1) is 59.8 Å². The average molecular weight is 623 g/mol. The molecule has 3 unspecified atom stereocenters. The molecule has 0 saturated heterocycles. The summed E-state index contributed by atoms with van der Waals surface area (Å²) in [6.45, 7) is 9.80. The van der Waals surface area contributed by atoms with Gasteiger partial charge < -0.3 is 35.8 Å². The molecule has 0 aliphatic heterocycles. The molecule has 242 valence electrons. The van der Waals surface area contributed by atoms with Crippen LogP contribution in [0.4, 0.5) is 0 Å². The van der Waals surface area contributed by atoms with Crippen molar-refractivity contribution in [3.05, 3.63) is 17.3 Å². The molecule has 0 saturated carbocycles. The number of quaternary nitrogens is 1. The van der Waals surface area contributed by atoms with E-state index in [1.807, 2.05) is 6.92 Å². The third-order valence-electron chi connectivity index (χ3n) is 7.07. The van der Waals surface area contributed by atoms with Crippen molar-refractivity contribution < 1.29 is 35.8 Å². The quantitative estimate of drug-likeness (QED) is 0.103. The highest BCUT2D eigenvalue weighted by molar-refractivity contribution is 6.29. The van der Waals surface area contributed by atoms with E-state index in [0.717, 1.165) is 30.5 Å². The molecule has 0 bridgehead atoms. The molecule has 1 heterocycles. The molecular formula is C32H61Cl2N3O4. The van der Waals surface area contributed by atoms with Gasteiger partial charge >= 0.3 is 0 Å². The molecule has 41 heavy (non-hydrogen) atoms. The van der Waals surface area contributed by atoms with Gasteiger partial charge in [-0.25, -0.2) is 0 Å². The lowest BCUT2D eigenvalue weighted by atomic mass is 10.0. The highest BCUT2D eigenvalue weighted by atomic mass is 35.5. The number of aromatic nitrogens is 2. The van der Waals surface area contributed by atoms with Crippen molar-refractivity contribution in [1.29, 1.82) is 0 Å². The first-order chi connectivity index (χ1) is 19.2. The molecule has 0 aliphatic rings. The zero-order chi connectivity index (χ0) is 29.5. The van der Waals surface area contributed by atoms with Gasteiger partial charge in [-0.3, -0.25) is 0 Å². The Kier molecular flexibility index (Phi) is 25.3. The summed E-state index contributed by atoms with van der Waals surface area (Å²) in [5, 5.41) is 8.30. The van der Waals surface area contributed by atoms with Gasteiger partial charge in [-0.1, -0.05) is 102 Å². The molecule has 1 rings (SSSR count). The van der Waals surface area contributed by atoms with E-state index in [1.165, 1.54) is 77.0 Å². The number of ether oxygens (including phenoxy) is 4. The number of rotatable bonds is 27. The van der Waals surface area contributed by atoms with E-state index in [1.54, 1.807) is 12.1 Å². The van der Waals surface area contributed by atoms with Crippen molar-refractivity contribution >= 4 is 11.6 Å². The molecule has 0 fully saturated rings. The lowest BCUT2D eigenvalue weighted by molar-refractivity contribution is -0.870. The van der Waals surface area contributed by atoms with Crippen LogP contribution in [0.5, 0.6) is 5.88 Å². The Balaban J connectivity index is 0.0000160. The summed E-state index contributed by atoms with van der Waals surface area (Å²) in [5.41, 5.74) is 0. The Morgan fingerprint density at radius 1 is 0.756 bits per heavy atom. The van der Waals surface area contributed by atoms with E-state index in [2.05, 4.69) is 45.2 Å². The average Bonchev–Trinajstić information content (AvgIpc) is 2.90. The third-order valence-corrected chi connectivity index (χ3v) is 7.27. The summed E-state index contributed by atoms with van der Waals surface area (Å²) in [5.74, 6) is 0.464. The second-order valence-corrected chi connectivity index (χ2v) is 12.6. The fourth-order valence-electron chi connectivity index (χ4n) is 4.55. The predicted octanol–water partition coefficient (Wildman–Crippen LogP) is 4.90. The lowest BCUT2D eigenvalue weighted by Gasteiger charge is -2.28. The van der Waals surface area contributed by atoms with E-state index in [4.69, 9.17) is 30.5 Å². The summed E-state index contributed by atoms with van der Waals surface area (Å²) < 4.78 is 24.9. The summed E-state index contributed by atoms with van der Waals surface area (Å²) in [7, 11) is 6.49. The van der Waals surface area contributed by atoms with Gasteiger partial charge in [0, 0.05) is 6.07 Å². The summed E-state index contributed by atoms with van der Waals surface area (Å²) in [6.07, 6.45) is 18.2. The summed E-state index contributed by atoms with van der Waals surface area (Å²) in [6, 6.07) is 3.44. The van der Waals surface area contributed by atoms with Crippen molar-refractivity contribution in [1.82, 2.24) is 10.2 Å². The maximum Gasteiger partial charge on any atom is 0.233 e. The largest absolute Gasteiger partial charge is 1.00 e. The van der Waals surface area contributed by atoms with Crippen LogP contribution in [0.3, 0.4) is 0 Å². The van der Waals surface area contributed by atoms with E-state index in [-0.39, 0.29) is 30.7 Å². The van der Waals surface area contributed by atoms with E-state index in [0.29, 0.717) is 30.9 Å². The van der Waals surface area contributed by atoms with Crippen LogP contribution in [0.25, 0.3) is 0 Å². The van der Waals surface area contributed by atoms with Gasteiger partial charge in [0.1, 0.15) is 12.6 Å². The Morgan fingerprint density at radius 3 is 1.85 bits per heavy atom. The lowest BCUT2D eigenvalue weighted by Crippen LogP contribution is -3.00. The molecule has 0 spiro atoms. The number of halogens is 2. The first kappa shape index (κ1) is 40.3. The SMILES string of the molecule is CCCCCCCCCCCCCCCC(OC(C)COCCOCC[N+](C)(C)C)C(C)Oc1ccc(Cl)nn1.[Cl-]. The van der Waals surface area contributed by atoms with Crippen molar-refractivity contribution in [2.45, 2.75) is 129 Å².